The van der Waals surface area contributed by atoms with Gasteiger partial charge in [0.2, 0.25) is 0 Å². The van der Waals surface area contributed by atoms with Crippen LogP contribution < -0.4 is 15.8 Å². The Kier molecular flexibility index (Phi) is 3.55. The molecule has 20 heavy (non-hydrogen) atoms. The fourth-order valence-electron chi connectivity index (χ4n) is 3.15. The molecule has 2 fully saturated rings. The lowest BCUT2D eigenvalue weighted by Gasteiger charge is -2.41. The summed E-state index contributed by atoms with van der Waals surface area (Å²) in [6, 6.07) is 7.73. The molecule has 1 aromatic carbocycles. The predicted molar refractivity (Wildman–Crippen MR) is 82.1 cm³/mol. The van der Waals surface area contributed by atoms with E-state index in [9.17, 15) is 0 Å². The van der Waals surface area contributed by atoms with E-state index in [0.29, 0.717) is 11.4 Å². The Labute approximate surface area is 120 Å². The van der Waals surface area contributed by atoms with Crippen molar-refractivity contribution >= 4 is 11.6 Å². The van der Waals surface area contributed by atoms with Crippen molar-refractivity contribution in [2.45, 2.75) is 32.1 Å². The van der Waals surface area contributed by atoms with Gasteiger partial charge in [-0.25, -0.2) is 0 Å². The van der Waals surface area contributed by atoms with Crippen molar-refractivity contribution in [3.8, 4) is 5.75 Å². The van der Waals surface area contributed by atoms with Crippen molar-refractivity contribution in [2.75, 3.05) is 19.0 Å². The molecule has 4 heteroatoms. The number of hydrogen-bond donors (Lipinski definition) is 2. The highest BCUT2D eigenvalue weighted by molar-refractivity contribution is 5.92. The highest BCUT2D eigenvalue weighted by Crippen LogP contribution is 2.57. The summed E-state index contributed by atoms with van der Waals surface area (Å²) in [5.41, 5.74) is 7.39. The molecule has 0 unspecified atom stereocenters. The molecule has 2 saturated carbocycles. The summed E-state index contributed by atoms with van der Waals surface area (Å²) in [5.74, 6) is 2.23. The van der Waals surface area contributed by atoms with E-state index in [2.05, 4.69) is 10.3 Å². The lowest BCUT2D eigenvalue weighted by molar-refractivity contribution is 0.113. The number of ether oxygens (including phenoxy) is 1. The molecule has 2 aliphatic rings. The van der Waals surface area contributed by atoms with Gasteiger partial charge in [-0.15, -0.1) is 0 Å². The maximum atomic E-state index is 6.00. The zero-order valence-corrected chi connectivity index (χ0v) is 12.1. The molecule has 0 spiro atoms. The molecule has 0 aromatic heterocycles. The van der Waals surface area contributed by atoms with E-state index in [1.165, 1.54) is 32.1 Å². The van der Waals surface area contributed by atoms with Crippen molar-refractivity contribution in [1.29, 1.82) is 0 Å². The van der Waals surface area contributed by atoms with Crippen LogP contribution in [0, 0.1) is 11.3 Å². The first-order valence-corrected chi connectivity index (χ1v) is 7.43. The molecule has 0 atom stereocenters. The third kappa shape index (κ3) is 2.74. The molecule has 108 valence electrons. The molecule has 1 aromatic rings. The molecule has 0 heterocycles. The van der Waals surface area contributed by atoms with Gasteiger partial charge >= 0.3 is 0 Å². The number of anilines is 1. The first-order chi connectivity index (χ1) is 9.72. The third-order valence-electron chi connectivity index (χ3n) is 4.70. The van der Waals surface area contributed by atoms with Gasteiger partial charge in [-0.05, 0) is 49.1 Å². The van der Waals surface area contributed by atoms with E-state index in [-0.39, 0.29) is 0 Å². The number of methoxy groups -OCH3 is 1. The highest BCUT2D eigenvalue weighted by atomic mass is 16.5. The van der Waals surface area contributed by atoms with Crippen LogP contribution in [0.3, 0.4) is 0 Å². The van der Waals surface area contributed by atoms with Crippen LogP contribution in [0.5, 0.6) is 5.75 Å². The van der Waals surface area contributed by atoms with Crippen molar-refractivity contribution in [1.82, 2.24) is 0 Å². The number of aliphatic imine (C=N–C) groups is 1. The molecule has 0 saturated heterocycles. The largest absolute Gasteiger partial charge is 0.497 e. The van der Waals surface area contributed by atoms with Crippen LogP contribution in [-0.4, -0.2) is 19.6 Å². The van der Waals surface area contributed by atoms with Gasteiger partial charge in [-0.3, -0.25) is 4.99 Å². The summed E-state index contributed by atoms with van der Waals surface area (Å²) in [7, 11) is 1.66. The highest BCUT2D eigenvalue weighted by Gasteiger charge is 2.48. The first-order valence-electron chi connectivity index (χ1n) is 7.43. The van der Waals surface area contributed by atoms with E-state index >= 15 is 0 Å². The second kappa shape index (κ2) is 5.35. The third-order valence-corrected chi connectivity index (χ3v) is 4.70. The fraction of sp³-hybridized carbons (Fsp3) is 0.562. The van der Waals surface area contributed by atoms with Crippen molar-refractivity contribution in [3.63, 3.8) is 0 Å². The van der Waals surface area contributed by atoms with Gasteiger partial charge < -0.3 is 15.8 Å². The maximum absolute atomic E-state index is 6.00. The Balaban J connectivity index is 1.60. The quantitative estimate of drug-likeness (QED) is 0.640. The minimum absolute atomic E-state index is 0.473. The zero-order chi connectivity index (χ0) is 14.0. The molecular weight excluding hydrogens is 250 g/mol. The number of nitrogens with zero attached hydrogens (tertiary/aromatic N) is 1. The standard InChI is InChI=1S/C16H23N3O/c1-20-14-5-2-4-13(10-14)19-15(17)18-11-16(8-3-9-16)12-6-7-12/h2,4-5,10,12H,3,6-9,11H2,1H3,(H3,17,18,19). The molecule has 2 aliphatic carbocycles. The monoisotopic (exact) mass is 273 g/mol. The zero-order valence-electron chi connectivity index (χ0n) is 12.1. The molecule has 3 rings (SSSR count). The second-order valence-corrected chi connectivity index (χ2v) is 6.05. The van der Waals surface area contributed by atoms with E-state index in [1.54, 1.807) is 7.11 Å². The summed E-state index contributed by atoms with van der Waals surface area (Å²) >= 11 is 0. The normalized spacial score (nSPS) is 21.1. The number of guanidine groups is 1. The van der Waals surface area contributed by atoms with Gasteiger partial charge in [-0.1, -0.05) is 12.5 Å². The summed E-state index contributed by atoms with van der Waals surface area (Å²) in [5, 5.41) is 3.14. The average Bonchev–Trinajstić information content (AvgIpc) is 3.22. The van der Waals surface area contributed by atoms with Crippen molar-refractivity contribution in [3.05, 3.63) is 24.3 Å². The van der Waals surface area contributed by atoms with E-state index in [0.717, 1.165) is 23.9 Å². The molecule has 4 nitrogen and oxygen atoms in total. The maximum Gasteiger partial charge on any atom is 0.193 e. The van der Waals surface area contributed by atoms with Crippen LogP contribution >= 0.6 is 0 Å². The Hall–Kier alpha value is -1.71. The van der Waals surface area contributed by atoms with Crippen LogP contribution in [0.15, 0.2) is 29.3 Å². The minimum Gasteiger partial charge on any atom is -0.497 e. The minimum atomic E-state index is 0.473. The summed E-state index contributed by atoms with van der Waals surface area (Å²) in [6.07, 6.45) is 6.79. The summed E-state index contributed by atoms with van der Waals surface area (Å²) < 4.78 is 5.20. The summed E-state index contributed by atoms with van der Waals surface area (Å²) in [6.45, 7) is 0.875. The lowest BCUT2D eigenvalue weighted by atomic mass is 9.65. The van der Waals surface area contributed by atoms with Crippen molar-refractivity contribution in [2.24, 2.45) is 22.1 Å². The van der Waals surface area contributed by atoms with Gasteiger partial charge in [0, 0.05) is 18.3 Å². The fourth-order valence-corrected chi connectivity index (χ4v) is 3.15. The predicted octanol–water partition coefficient (Wildman–Crippen LogP) is 3.00. The number of nitrogens with one attached hydrogen (secondary N) is 1. The van der Waals surface area contributed by atoms with Crippen LogP contribution in [0.25, 0.3) is 0 Å². The number of hydrogen-bond acceptors (Lipinski definition) is 2. The first kappa shape index (κ1) is 13.3. The summed E-state index contributed by atoms with van der Waals surface area (Å²) in [4.78, 5) is 4.57. The smallest absolute Gasteiger partial charge is 0.193 e. The molecule has 0 bridgehead atoms. The molecular formula is C16H23N3O. The Bertz CT molecular complexity index is 504. The second-order valence-electron chi connectivity index (χ2n) is 6.05. The van der Waals surface area contributed by atoms with Gasteiger partial charge in [-0.2, -0.15) is 0 Å². The lowest BCUT2D eigenvalue weighted by Crippen LogP contribution is -2.36. The van der Waals surface area contributed by atoms with Gasteiger partial charge in [0.15, 0.2) is 5.96 Å². The molecule has 0 radical (unpaired) electrons. The van der Waals surface area contributed by atoms with Crippen LogP contribution in [0.1, 0.15) is 32.1 Å². The van der Waals surface area contributed by atoms with Gasteiger partial charge in [0.05, 0.1) is 7.11 Å². The SMILES string of the molecule is COc1cccc(NC(N)=NCC2(C3CC3)CCC2)c1. The molecule has 0 amide bonds. The Morgan fingerprint density at radius 3 is 2.85 bits per heavy atom. The van der Waals surface area contributed by atoms with Gasteiger partial charge in [0.1, 0.15) is 5.75 Å². The topological polar surface area (TPSA) is 59.6 Å². The number of nitrogens with two attached hydrogens (primary N) is 1. The van der Waals surface area contributed by atoms with E-state index < -0.39 is 0 Å². The van der Waals surface area contributed by atoms with Crippen LogP contribution in [0.2, 0.25) is 0 Å². The number of rotatable bonds is 5. The Morgan fingerprint density at radius 1 is 1.45 bits per heavy atom. The average molecular weight is 273 g/mol. The van der Waals surface area contributed by atoms with Crippen molar-refractivity contribution < 1.29 is 4.74 Å². The molecule has 3 N–H and O–H groups in total. The Morgan fingerprint density at radius 2 is 2.25 bits per heavy atom. The van der Waals surface area contributed by atoms with Crippen LogP contribution in [0.4, 0.5) is 5.69 Å². The number of benzene rings is 1. The van der Waals surface area contributed by atoms with E-state index in [1.807, 2.05) is 24.3 Å². The molecule has 0 aliphatic heterocycles. The van der Waals surface area contributed by atoms with Crippen LogP contribution in [-0.2, 0) is 0 Å². The van der Waals surface area contributed by atoms with E-state index in [4.69, 9.17) is 10.5 Å². The van der Waals surface area contributed by atoms with Gasteiger partial charge in [0.25, 0.3) is 0 Å².